The Hall–Kier alpha value is -1.20. The van der Waals surface area contributed by atoms with Gasteiger partial charge in [0.05, 0.1) is 11.4 Å². The van der Waals surface area contributed by atoms with Gasteiger partial charge in [0.2, 0.25) is 0 Å². The van der Waals surface area contributed by atoms with Crippen molar-refractivity contribution in [2.45, 2.75) is 20.4 Å². The van der Waals surface area contributed by atoms with E-state index in [1.165, 1.54) is 22.7 Å². The average Bonchev–Trinajstić information content (AvgIpc) is 2.83. The molecule has 0 N–H and O–H groups in total. The van der Waals surface area contributed by atoms with Gasteiger partial charge in [0.15, 0.2) is 5.78 Å². The van der Waals surface area contributed by atoms with Crippen molar-refractivity contribution < 1.29 is 4.79 Å². The molecule has 0 saturated carbocycles. The fourth-order valence-corrected chi connectivity index (χ4v) is 2.92. The van der Waals surface area contributed by atoms with E-state index >= 15 is 0 Å². The Labute approximate surface area is 101 Å². The highest BCUT2D eigenvalue weighted by atomic mass is 32.1. The molecule has 0 amide bonds. The molecule has 0 radical (unpaired) electrons. The van der Waals surface area contributed by atoms with E-state index in [1.54, 1.807) is 10.6 Å². The third kappa shape index (κ3) is 2.01. The topological polar surface area (TPSA) is 39.1 Å². The number of aromatic nitrogens is 1. The largest absolute Gasteiger partial charge is 0.307 e. The van der Waals surface area contributed by atoms with E-state index in [4.69, 9.17) is 0 Å². The van der Waals surface area contributed by atoms with Gasteiger partial charge >= 0.3 is 4.87 Å². The summed E-state index contributed by atoms with van der Waals surface area (Å²) in [5.74, 6) is -0.00185. The van der Waals surface area contributed by atoms with E-state index in [-0.39, 0.29) is 17.2 Å². The SMILES string of the molecule is Cc1sc(=O)n(CC(=O)c2cccs2)c1C. The molecule has 3 nitrogen and oxygen atoms in total. The Morgan fingerprint density at radius 1 is 1.44 bits per heavy atom. The number of carbonyl (C=O) groups excluding carboxylic acids is 1. The van der Waals surface area contributed by atoms with Crippen LogP contribution in [-0.2, 0) is 6.54 Å². The molecule has 2 heterocycles. The molecule has 0 bridgehead atoms. The minimum Gasteiger partial charge on any atom is -0.295 e. The normalized spacial score (nSPS) is 10.6. The van der Waals surface area contributed by atoms with Crippen LogP contribution in [0.15, 0.2) is 22.3 Å². The van der Waals surface area contributed by atoms with Gasteiger partial charge in [-0.15, -0.1) is 11.3 Å². The molecule has 0 unspecified atom stereocenters. The molecule has 0 saturated heterocycles. The van der Waals surface area contributed by atoms with Crippen LogP contribution in [0.25, 0.3) is 0 Å². The standard InChI is InChI=1S/C11H11NO2S2/c1-7-8(2)16-11(14)12(7)6-9(13)10-4-3-5-15-10/h3-5H,6H2,1-2H3. The van der Waals surface area contributed by atoms with Gasteiger partial charge < -0.3 is 0 Å². The number of thiophene rings is 1. The van der Waals surface area contributed by atoms with Gasteiger partial charge in [-0.05, 0) is 25.3 Å². The van der Waals surface area contributed by atoms with Crippen LogP contribution in [-0.4, -0.2) is 10.4 Å². The van der Waals surface area contributed by atoms with E-state index in [1.807, 2.05) is 25.3 Å². The van der Waals surface area contributed by atoms with Crippen molar-refractivity contribution in [3.8, 4) is 0 Å². The molecular formula is C11H11NO2S2. The molecule has 0 atom stereocenters. The molecule has 0 aromatic carbocycles. The molecule has 2 aromatic rings. The zero-order valence-corrected chi connectivity index (χ0v) is 10.7. The van der Waals surface area contributed by atoms with Crippen molar-refractivity contribution in [3.05, 3.63) is 42.6 Å². The molecule has 0 fully saturated rings. The van der Waals surface area contributed by atoms with Gasteiger partial charge in [0.25, 0.3) is 0 Å². The summed E-state index contributed by atoms with van der Waals surface area (Å²) >= 11 is 2.60. The lowest BCUT2D eigenvalue weighted by atomic mass is 10.3. The Balaban J connectivity index is 2.28. The van der Waals surface area contributed by atoms with Crippen LogP contribution >= 0.6 is 22.7 Å². The number of hydrogen-bond acceptors (Lipinski definition) is 4. The molecule has 0 aliphatic carbocycles. The lowest BCUT2D eigenvalue weighted by molar-refractivity contribution is 0.0974. The molecule has 2 aromatic heterocycles. The summed E-state index contributed by atoms with van der Waals surface area (Å²) in [5.41, 5.74) is 0.889. The van der Waals surface area contributed by atoms with Crippen LogP contribution in [0, 0.1) is 13.8 Å². The second-order valence-electron chi connectivity index (χ2n) is 3.50. The van der Waals surface area contributed by atoms with E-state index in [0.29, 0.717) is 4.88 Å². The number of aryl methyl sites for hydroxylation is 1. The summed E-state index contributed by atoms with van der Waals surface area (Å²) in [6.45, 7) is 3.91. The first-order chi connectivity index (χ1) is 7.59. The van der Waals surface area contributed by atoms with Crippen LogP contribution in [0.1, 0.15) is 20.2 Å². The summed E-state index contributed by atoms with van der Waals surface area (Å²) in [7, 11) is 0. The summed E-state index contributed by atoms with van der Waals surface area (Å²) in [6, 6.07) is 3.62. The van der Waals surface area contributed by atoms with Crippen molar-refractivity contribution in [1.29, 1.82) is 0 Å². The monoisotopic (exact) mass is 253 g/mol. The van der Waals surface area contributed by atoms with Gasteiger partial charge in [-0.2, -0.15) is 0 Å². The number of thiazole rings is 1. The number of Topliss-reactive ketones (excluding diaryl/α,β-unsaturated/α-hetero) is 1. The van der Waals surface area contributed by atoms with Gasteiger partial charge in [-0.25, -0.2) is 0 Å². The third-order valence-electron chi connectivity index (χ3n) is 2.47. The predicted molar refractivity (Wildman–Crippen MR) is 66.7 cm³/mol. The highest BCUT2D eigenvalue weighted by Gasteiger charge is 2.13. The van der Waals surface area contributed by atoms with Crippen LogP contribution < -0.4 is 4.87 Å². The Morgan fingerprint density at radius 3 is 2.69 bits per heavy atom. The van der Waals surface area contributed by atoms with Crippen molar-refractivity contribution in [1.82, 2.24) is 4.57 Å². The van der Waals surface area contributed by atoms with Gasteiger partial charge in [-0.3, -0.25) is 14.2 Å². The fraction of sp³-hybridized carbons (Fsp3) is 0.273. The minimum absolute atomic E-state index is 0.00185. The summed E-state index contributed by atoms with van der Waals surface area (Å²) in [4.78, 5) is 25.1. The molecular weight excluding hydrogens is 242 g/mol. The van der Waals surface area contributed by atoms with Crippen molar-refractivity contribution >= 4 is 28.5 Å². The molecule has 5 heteroatoms. The van der Waals surface area contributed by atoms with Gasteiger partial charge in [0.1, 0.15) is 0 Å². The molecule has 0 aliphatic heterocycles. The minimum atomic E-state index is -0.0556. The predicted octanol–water partition coefficient (Wildman–Crippen LogP) is 2.47. The van der Waals surface area contributed by atoms with Gasteiger partial charge in [-0.1, -0.05) is 17.4 Å². The summed E-state index contributed by atoms with van der Waals surface area (Å²) in [5, 5.41) is 1.86. The van der Waals surface area contributed by atoms with Crippen LogP contribution in [0.4, 0.5) is 0 Å². The van der Waals surface area contributed by atoms with E-state index in [2.05, 4.69) is 0 Å². The molecule has 16 heavy (non-hydrogen) atoms. The molecule has 0 aliphatic rings. The van der Waals surface area contributed by atoms with Gasteiger partial charge in [0, 0.05) is 10.6 Å². The number of hydrogen-bond donors (Lipinski definition) is 0. The second kappa shape index (κ2) is 4.35. The van der Waals surface area contributed by atoms with Crippen LogP contribution in [0.2, 0.25) is 0 Å². The molecule has 0 spiro atoms. The van der Waals surface area contributed by atoms with Crippen molar-refractivity contribution in [2.75, 3.05) is 0 Å². The first-order valence-electron chi connectivity index (χ1n) is 4.83. The average molecular weight is 253 g/mol. The zero-order valence-electron chi connectivity index (χ0n) is 9.02. The highest BCUT2D eigenvalue weighted by Crippen LogP contribution is 2.13. The third-order valence-corrected chi connectivity index (χ3v) is 4.38. The lowest BCUT2D eigenvalue weighted by Gasteiger charge is -2.02. The smallest absolute Gasteiger partial charge is 0.295 e. The maximum absolute atomic E-state index is 11.8. The Bertz CT molecular complexity index is 563. The number of rotatable bonds is 3. The fourth-order valence-electron chi connectivity index (χ4n) is 1.43. The quantitative estimate of drug-likeness (QED) is 0.788. The second-order valence-corrected chi connectivity index (χ2v) is 5.61. The van der Waals surface area contributed by atoms with Crippen LogP contribution in [0.5, 0.6) is 0 Å². The lowest BCUT2D eigenvalue weighted by Crippen LogP contribution is -2.20. The summed E-state index contributed by atoms with van der Waals surface area (Å²) in [6.07, 6.45) is 0. The number of carbonyl (C=O) groups is 1. The molecule has 84 valence electrons. The molecule has 2 rings (SSSR count). The zero-order chi connectivity index (χ0) is 11.7. The highest BCUT2D eigenvalue weighted by molar-refractivity contribution is 7.12. The van der Waals surface area contributed by atoms with E-state index < -0.39 is 0 Å². The van der Waals surface area contributed by atoms with Crippen LogP contribution in [0.3, 0.4) is 0 Å². The van der Waals surface area contributed by atoms with E-state index in [9.17, 15) is 9.59 Å². The first kappa shape index (κ1) is 11.3. The number of nitrogens with zero attached hydrogens (tertiary/aromatic N) is 1. The summed E-state index contributed by atoms with van der Waals surface area (Å²) < 4.78 is 1.54. The maximum atomic E-state index is 11.8. The first-order valence-corrected chi connectivity index (χ1v) is 6.52. The van der Waals surface area contributed by atoms with E-state index in [0.717, 1.165) is 10.6 Å². The Morgan fingerprint density at radius 2 is 2.19 bits per heavy atom. The van der Waals surface area contributed by atoms with Crippen molar-refractivity contribution in [2.24, 2.45) is 0 Å². The van der Waals surface area contributed by atoms with Crippen molar-refractivity contribution in [3.63, 3.8) is 0 Å². The maximum Gasteiger partial charge on any atom is 0.307 e. The Kier molecular flexibility index (Phi) is 3.07. The number of ketones is 1.